The average Bonchev–Trinajstić information content (AvgIpc) is 2.66. The lowest BCUT2D eigenvalue weighted by atomic mass is 9.88. The van der Waals surface area contributed by atoms with Gasteiger partial charge < -0.3 is 24.4 Å². The van der Waals surface area contributed by atoms with Gasteiger partial charge in [-0.15, -0.1) is 0 Å². The molecule has 0 bridgehead atoms. The molecule has 0 amide bonds. The number of benzene rings is 2. The largest absolute Gasteiger partial charge is 0.504 e. The molecule has 0 radical (unpaired) electrons. The molecular formula is C21H27NO5. The molecule has 0 aromatic heterocycles. The summed E-state index contributed by atoms with van der Waals surface area (Å²) in [5, 5.41) is 20.4. The lowest BCUT2D eigenvalue weighted by Crippen LogP contribution is -2.32. The second kappa shape index (κ2) is 7.96. The Bertz CT molecular complexity index is 857. The molecule has 3 rings (SSSR count). The Balaban J connectivity index is 1.88. The van der Waals surface area contributed by atoms with E-state index in [0.29, 0.717) is 30.2 Å². The van der Waals surface area contributed by atoms with Crippen molar-refractivity contribution in [3.8, 4) is 28.7 Å². The Kier molecular flexibility index (Phi) is 5.25. The fraction of sp³-hybridized carbons (Fsp3) is 0.429. The number of ether oxygens (including phenoxy) is 3. The van der Waals surface area contributed by atoms with E-state index in [1.54, 1.807) is 18.2 Å². The number of rotatable bonds is 6. The van der Waals surface area contributed by atoms with Crippen LogP contribution in [0.1, 0.15) is 30.5 Å². The first-order valence-corrected chi connectivity index (χ1v) is 8.86. The predicted molar refractivity (Wildman–Crippen MR) is 103 cm³/mol. The Morgan fingerprint density at radius 2 is 1.78 bits per heavy atom. The van der Waals surface area contributed by atoms with E-state index in [4.69, 9.17) is 15.6 Å². The van der Waals surface area contributed by atoms with Gasteiger partial charge in [-0.05, 0) is 67.2 Å². The van der Waals surface area contributed by atoms with E-state index in [0.717, 1.165) is 23.1 Å². The molecule has 0 aliphatic carbocycles. The number of methoxy groups -OCH3 is 3. The zero-order valence-corrected chi connectivity index (χ0v) is 16.2. The molecule has 146 valence electrons. The van der Waals surface area contributed by atoms with E-state index >= 15 is 0 Å². The van der Waals surface area contributed by atoms with Gasteiger partial charge in [0.15, 0.2) is 23.0 Å². The fourth-order valence-corrected chi connectivity index (χ4v) is 3.66. The van der Waals surface area contributed by atoms with Crippen LogP contribution in [0.15, 0.2) is 24.3 Å². The molecule has 0 saturated carbocycles. The maximum atomic E-state index is 10.2. The second-order valence-electron chi connectivity index (χ2n) is 6.70. The third-order valence-electron chi connectivity index (χ3n) is 5.10. The Hall–Kier alpha value is -2.60. The molecule has 2 N–H and O–H groups in total. The van der Waals surface area contributed by atoms with E-state index < -0.39 is 6.40 Å². The molecule has 1 aliphatic rings. The minimum atomic E-state index is -0.393. The minimum absolute atomic E-state index is 0.0443. The molecule has 6 nitrogen and oxygen atoms in total. The highest BCUT2D eigenvalue weighted by Gasteiger charge is 2.26. The highest BCUT2D eigenvalue weighted by molar-refractivity contribution is 5.53. The van der Waals surface area contributed by atoms with Gasteiger partial charge in [0.25, 0.3) is 0 Å². The van der Waals surface area contributed by atoms with Gasteiger partial charge in [0.2, 0.25) is 5.75 Å². The fourth-order valence-electron chi connectivity index (χ4n) is 3.66. The second-order valence-corrected chi connectivity index (χ2v) is 6.70. The van der Waals surface area contributed by atoms with Crippen molar-refractivity contribution in [1.29, 1.82) is 0 Å². The molecule has 2 aromatic carbocycles. The van der Waals surface area contributed by atoms with Crippen LogP contribution in [-0.2, 0) is 12.8 Å². The number of nitrogens with zero attached hydrogens (tertiary/aromatic N) is 1. The molecule has 2 atom stereocenters. The van der Waals surface area contributed by atoms with Crippen molar-refractivity contribution in [2.45, 2.75) is 25.3 Å². The molecule has 0 fully saturated rings. The molecule has 1 unspecified atom stereocenters. The Labute approximate surface area is 161 Å². The van der Waals surface area contributed by atoms with Crippen LogP contribution in [0.25, 0.3) is 0 Å². The van der Waals surface area contributed by atoms with Crippen LogP contribution in [0.3, 0.4) is 0 Å². The van der Waals surface area contributed by atoms with Crippen molar-refractivity contribution < 1.29 is 25.8 Å². The van der Waals surface area contributed by atoms with Crippen LogP contribution in [0, 0.1) is 0 Å². The zero-order chi connectivity index (χ0) is 20.4. The molecule has 0 spiro atoms. The minimum Gasteiger partial charge on any atom is -0.504 e. The number of likely N-dealkylation sites (N-methyl/N-ethyl adjacent to an activating group) is 1. The summed E-state index contributed by atoms with van der Waals surface area (Å²) in [4.78, 5) is 2.13. The lowest BCUT2D eigenvalue weighted by molar-refractivity contribution is 0.218. The maximum Gasteiger partial charge on any atom is 0.203 e. The number of hydrogen-bond acceptors (Lipinski definition) is 6. The van der Waals surface area contributed by atoms with E-state index in [-0.39, 0.29) is 17.5 Å². The highest BCUT2D eigenvalue weighted by Crippen LogP contribution is 2.41. The standard InChI is InChI=1S/C21H27NO5/c1-22-8-7-14-11-19(25-2)17(23)12-15(14)16(22)6-5-13-9-18(24)21(27-4)20(10-13)26-3/h9-12,16,23-24H,5-8H2,1-4H3/i7T/t7-,16?/m1/s1. The molecule has 1 aliphatic heterocycles. The smallest absolute Gasteiger partial charge is 0.203 e. The predicted octanol–water partition coefficient (Wildman–Crippen LogP) is 3.29. The first-order chi connectivity index (χ1) is 13.4. The van der Waals surface area contributed by atoms with Gasteiger partial charge in [-0.25, -0.2) is 0 Å². The summed E-state index contributed by atoms with van der Waals surface area (Å²) in [5.41, 5.74) is 2.75. The summed E-state index contributed by atoms with van der Waals surface area (Å²) in [5.74, 6) is 1.33. The Morgan fingerprint density at radius 3 is 2.44 bits per heavy atom. The normalized spacial score (nSPS) is 19.9. The van der Waals surface area contributed by atoms with Crippen LogP contribution >= 0.6 is 0 Å². The SMILES string of the molecule is [3H][C@@H]1CN(C)C(CCc2cc(O)c(OC)c(OC)c2)c2cc(O)c(OC)cc21. The number of hydrogen-bond donors (Lipinski definition) is 2. The monoisotopic (exact) mass is 375 g/mol. The number of fused-ring (bicyclic) bond motifs is 1. The number of aryl methyl sites for hydroxylation is 1. The molecule has 0 saturated heterocycles. The van der Waals surface area contributed by atoms with Gasteiger partial charge in [-0.3, -0.25) is 4.90 Å². The summed E-state index contributed by atoms with van der Waals surface area (Å²) in [7, 11) is 6.53. The summed E-state index contributed by atoms with van der Waals surface area (Å²) in [6.45, 7) is 0.600. The van der Waals surface area contributed by atoms with Crippen molar-refractivity contribution in [2.75, 3.05) is 34.9 Å². The first-order valence-electron chi connectivity index (χ1n) is 9.44. The maximum absolute atomic E-state index is 10.2. The third kappa shape index (κ3) is 3.76. The van der Waals surface area contributed by atoms with E-state index in [1.807, 2.05) is 13.1 Å². The number of phenols is 2. The van der Waals surface area contributed by atoms with Gasteiger partial charge in [-0.1, -0.05) is 0 Å². The molecular weight excluding hydrogens is 346 g/mol. The topological polar surface area (TPSA) is 71.4 Å². The van der Waals surface area contributed by atoms with Crippen molar-refractivity contribution >= 4 is 0 Å². The third-order valence-corrected chi connectivity index (χ3v) is 5.10. The van der Waals surface area contributed by atoms with Gasteiger partial charge in [0.1, 0.15) is 0 Å². The summed E-state index contributed by atoms with van der Waals surface area (Å²) < 4.78 is 24.1. The van der Waals surface area contributed by atoms with Crippen LogP contribution in [0.2, 0.25) is 0 Å². The van der Waals surface area contributed by atoms with Crippen LogP contribution in [-0.4, -0.2) is 50.0 Å². The van der Waals surface area contributed by atoms with Gasteiger partial charge in [0.05, 0.1) is 21.3 Å². The zero-order valence-electron chi connectivity index (χ0n) is 17.2. The van der Waals surface area contributed by atoms with Gasteiger partial charge in [0, 0.05) is 14.0 Å². The number of phenolic OH excluding ortho intramolecular Hbond substituents is 2. The van der Waals surface area contributed by atoms with Crippen molar-refractivity contribution in [3.05, 3.63) is 41.0 Å². The summed E-state index contributed by atoms with van der Waals surface area (Å²) in [6, 6.07) is 7.07. The summed E-state index contributed by atoms with van der Waals surface area (Å²) >= 11 is 0. The lowest BCUT2D eigenvalue weighted by Gasteiger charge is -2.35. The molecule has 2 aromatic rings. The quantitative estimate of drug-likeness (QED) is 0.807. The van der Waals surface area contributed by atoms with Crippen LogP contribution in [0.4, 0.5) is 0 Å². The van der Waals surface area contributed by atoms with Crippen molar-refractivity contribution in [1.82, 2.24) is 4.90 Å². The molecule has 27 heavy (non-hydrogen) atoms. The van der Waals surface area contributed by atoms with Crippen LogP contribution in [0.5, 0.6) is 28.7 Å². The average molecular weight is 375 g/mol. The van der Waals surface area contributed by atoms with E-state index in [2.05, 4.69) is 4.90 Å². The van der Waals surface area contributed by atoms with Gasteiger partial charge in [-0.2, -0.15) is 0 Å². The van der Waals surface area contributed by atoms with E-state index in [1.165, 1.54) is 21.3 Å². The van der Waals surface area contributed by atoms with Crippen LogP contribution < -0.4 is 14.2 Å². The first kappa shape index (κ1) is 17.8. The number of aromatic hydroxyl groups is 2. The molecule has 6 heteroatoms. The summed E-state index contributed by atoms with van der Waals surface area (Å²) in [6.07, 6.45) is 1.06. The van der Waals surface area contributed by atoms with Crippen molar-refractivity contribution in [3.63, 3.8) is 0 Å². The van der Waals surface area contributed by atoms with Gasteiger partial charge >= 0.3 is 0 Å². The van der Waals surface area contributed by atoms with E-state index in [9.17, 15) is 10.2 Å². The molecule has 1 heterocycles. The Morgan fingerprint density at radius 1 is 1.04 bits per heavy atom. The van der Waals surface area contributed by atoms with Crippen molar-refractivity contribution in [2.24, 2.45) is 0 Å². The highest BCUT2D eigenvalue weighted by atomic mass is 16.5.